The SMILES string of the molecule is Cc1ccc(CN(Cc2ccc(F)cc2)C(=O)CN(CC2CCCO2)C(=O)Nc2ccccc2C(F)(F)F)o1. The molecule has 0 spiro atoms. The lowest BCUT2D eigenvalue weighted by molar-refractivity contribution is -0.137. The monoisotopic (exact) mass is 547 g/mol. The highest BCUT2D eigenvalue weighted by molar-refractivity contribution is 5.93. The maximum atomic E-state index is 13.6. The quantitative estimate of drug-likeness (QED) is 0.334. The number of benzene rings is 2. The largest absolute Gasteiger partial charge is 0.464 e. The lowest BCUT2D eigenvalue weighted by Gasteiger charge is -2.29. The molecule has 0 bridgehead atoms. The van der Waals surface area contributed by atoms with Gasteiger partial charge in [0.1, 0.15) is 23.9 Å². The van der Waals surface area contributed by atoms with E-state index in [0.717, 1.165) is 23.5 Å². The number of nitrogens with zero attached hydrogens (tertiary/aromatic N) is 2. The van der Waals surface area contributed by atoms with Crippen molar-refractivity contribution in [3.05, 3.63) is 89.1 Å². The van der Waals surface area contributed by atoms with Gasteiger partial charge in [0.15, 0.2) is 0 Å². The van der Waals surface area contributed by atoms with Gasteiger partial charge in [0.2, 0.25) is 5.91 Å². The van der Waals surface area contributed by atoms with Crippen LogP contribution >= 0.6 is 0 Å². The molecule has 3 aromatic rings. The maximum absolute atomic E-state index is 13.6. The molecule has 3 amide bonds. The van der Waals surface area contributed by atoms with E-state index >= 15 is 0 Å². The van der Waals surface area contributed by atoms with Gasteiger partial charge in [-0.15, -0.1) is 0 Å². The molecule has 1 saturated heterocycles. The summed E-state index contributed by atoms with van der Waals surface area (Å²) in [5, 5.41) is 2.32. The van der Waals surface area contributed by atoms with Crippen molar-refractivity contribution in [2.24, 2.45) is 0 Å². The number of anilines is 1. The summed E-state index contributed by atoms with van der Waals surface area (Å²) in [4.78, 5) is 29.4. The Morgan fingerprint density at radius 1 is 1.00 bits per heavy atom. The molecule has 4 rings (SSSR count). The second kappa shape index (κ2) is 12.3. The molecule has 11 heteroatoms. The second-order valence-corrected chi connectivity index (χ2v) is 9.38. The van der Waals surface area contributed by atoms with Crippen LogP contribution < -0.4 is 5.32 Å². The highest BCUT2D eigenvalue weighted by Crippen LogP contribution is 2.34. The first-order valence-corrected chi connectivity index (χ1v) is 12.5. The van der Waals surface area contributed by atoms with E-state index in [1.54, 1.807) is 31.2 Å². The average molecular weight is 548 g/mol. The summed E-state index contributed by atoms with van der Waals surface area (Å²) in [5.41, 5.74) is -0.746. The summed E-state index contributed by atoms with van der Waals surface area (Å²) in [6.07, 6.45) is -3.59. The molecule has 0 radical (unpaired) electrons. The van der Waals surface area contributed by atoms with Crippen molar-refractivity contribution < 1.29 is 36.3 Å². The van der Waals surface area contributed by atoms with Crippen molar-refractivity contribution in [2.45, 2.75) is 45.1 Å². The molecule has 39 heavy (non-hydrogen) atoms. The van der Waals surface area contributed by atoms with Gasteiger partial charge >= 0.3 is 12.2 Å². The van der Waals surface area contributed by atoms with E-state index in [-0.39, 0.29) is 25.7 Å². The highest BCUT2D eigenvalue weighted by Gasteiger charge is 2.34. The van der Waals surface area contributed by atoms with Crippen LogP contribution in [0.3, 0.4) is 0 Å². The van der Waals surface area contributed by atoms with E-state index in [2.05, 4.69) is 5.32 Å². The van der Waals surface area contributed by atoms with Crippen LogP contribution in [-0.2, 0) is 28.8 Å². The number of furan rings is 1. The van der Waals surface area contributed by atoms with E-state index in [9.17, 15) is 27.2 Å². The lowest BCUT2D eigenvalue weighted by atomic mass is 10.1. The molecular weight excluding hydrogens is 518 g/mol. The van der Waals surface area contributed by atoms with Crippen LogP contribution in [0.25, 0.3) is 0 Å². The summed E-state index contributed by atoms with van der Waals surface area (Å²) >= 11 is 0. The molecule has 0 aliphatic carbocycles. The summed E-state index contributed by atoms with van der Waals surface area (Å²) < 4.78 is 65.2. The van der Waals surface area contributed by atoms with E-state index in [4.69, 9.17) is 9.15 Å². The topological polar surface area (TPSA) is 75.0 Å². The van der Waals surface area contributed by atoms with Gasteiger partial charge < -0.3 is 24.3 Å². The van der Waals surface area contributed by atoms with Crippen molar-refractivity contribution in [1.29, 1.82) is 0 Å². The van der Waals surface area contributed by atoms with Crippen molar-refractivity contribution in [2.75, 3.05) is 25.0 Å². The third kappa shape index (κ3) is 7.82. The molecule has 1 aliphatic rings. The standard InChI is InChI=1S/C28H29F4N3O4/c1-19-8-13-23(39-19)17-34(15-20-9-11-21(29)12-10-20)26(36)18-35(16-22-5-4-14-38-22)27(37)33-25-7-3-2-6-24(25)28(30,31)32/h2-3,6-13,22H,4-5,14-18H2,1H3,(H,33,37). The fourth-order valence-corrected chi connectivity index (χ4v) is 4.35. The number of alkyl halides is 3. The Kier molecular flexibility index (Phi) is 8.90. The Bertz CT molecular complexity index is 1270. The van der Waals surface area contributed by atoms with E-state index in [1.807, 2.05) is 0 Å². The number of urea groups is 1. The van der Waals surface area contributed by atoms with Crippen LogP contribution in [-0.4, -0.2) is 47.5 Å². The van der Waals surface area contributed by atoms with Gasteiger partial charge in [-0.3, -0.25) is 4.79 Å². The van der Waals surface area contributed by atoms with Crippen molar-refractivity contribution >= 4 is 17.6 Å². The molecule has 1 N–H and O–H groups in total. The number of rotatable bonds is 9. The lowest BCUT2D eigenvalue weighted by Crippen LogP contribution is -2.47. The number of hydrogen-bond acceptors (Lipinski definition) is 4. The zero-order valence-corrected chi connectivity index (χ0v) is 21.3. The number of hydrogen-bond donors (Lipinski definition) is 1. The molecule has 1 aromatic heterocycles. The number of nitrogens with one attached hydrogen (secondary N) is 1. The van der Waals surface area contributed by atoms with Gasteiger partial charge in [0.25, 0.3) is 0 Å². The molecule has 2 aromatic carbocycles. The van der Waals surface area contributed by atoms with Gasteiger partial charge in [-0.25, -0.2) is 9.18 Å². The van der Waals surface area contributed by atoms with Gasteiger partial charge in [-0.1, -0.05) is 24.3 Å². The van der Waals surface area contributed by atoms with E-state index in [0.29, 0.717) is 30.1 Å². The van der Waals surface area contributed by atoms with E-state index < -0.39 is 41.7 Å². The number of carbonyl (C=O) groups is 2. The highest BCUT2D eigenvalue weighted by atomic mass is 19.4. The van der Waals surface area contributed by atoms with Crippen LogP contribution in [0.5, 0.6) is 0 Å². The van der Waals surface area contributed by atoms with Gasteiger partial charge in [0, 0.05) is 19.7 Å². The molecule has 0 saturated carbocycles. The molecule has 1 aliphatic heterocycles. The van der Waals surface area contributed by atoms with Gasteiger partial charge in [0.05, 0.1) is 23.9 Å². The Balaban J connectivity index is 1.56. The summed E-state index contributed by atoms with van der Waals surface area (Å²) in [6.45, 7) is 2.06. The molecule has 1 atom stereocenters. The Labute approximate surface area is 223 Å². The van der Waals surface area contributed by atoms with Gasteiger partial charge in [-0.05, 0) is 61.7 Å². The minimum absolute atomic E-state index is 0.0238. The predicted octanol–water partition coefficient (Wildman–Crippen LogP) is 5.99. The molecule has 7 nitrogen and oxygen atoms in total. The second-order valence-electron chi connectivity index (χ2n) is 9.38. The summed E-state index contributed by atoms with van der Waals surface area (Å²) in [5.74, 6) is 0.279. The summed E-state index contributed by atoms with van der Waals surface area (Å²) in [7, 11) is 0. The fraction of sp³-hybridized carbons (Fsp3) is 0.357. The van der Waals surface area contributed by atoms with Crippen LogP contribution in [0.4, 0.5) is 28.0 Å². The smallest absolute Gasteiger partial charge is 0.418 e. The number of ether oxygens (including phenoxy) is 1. The third-order valence-electron chi connectivity index (χ3n) is 6.32. The zero-order chi connectivity index (χ0) is 28.0. The van der Waals surface area contributed by atoms with Crippen LogP contribution in [0.15, 0.2) is 65.1 Å². The van der Waals surface area contributed by atoms with Crippen molar-refractivity contribution in [3.63, 3.8) is 0 Å². The number of aryl methyl sites for hydroxylation is 1. The first-order chi connectivity index (χ1) is 18.6. The number of amides is 3. The minimum atomic E-state index is -4.67. The number of para-hydroxylation sites is 1. The molecular formula is C28H29F4N3O4. The Morgan fingerprint density at radius 3 is 2.38 bits per heavy atom. The van der Waals surface area contributed by atoms with Crippen LogP contribution in [0, 0.1) is 12.7 Å². The Morgan fingerprint density at radius 2 is 1.74 bits per heavy atom. The Hall–Kier alpha value is -3.86. The number of carbonyl (C=O) groups excluding carboxylic acids is 2. The normalized spacial score (nSPS) is 15.3. The predicted molar refractivity (Wildman–Crippen MR) is 135 cm³/mol. The third-order valence-corrected chi connectivity index (χ3v) is 6.32. The molecule has 1 unspecified atom stereocenters. The van der Waals surface area contributed by atoms with Crippen molar-refractivity contribution in [1.82, 2.24) is 9.80 Å². The zero-order valence-electron chi connectivity index (χ0n) is 21.3. The van der Waals surface area contributed by atoms with Crippen LogP contribution in [0.2, 0.25) is 0 Å². The molecule has 208 valence electrons. The number of halogens is 4. The average Bonchev–Trinajstić information content (AvgIpc) is 3.55. The minimum Gasteiger partial charge on any atom is -0.464 e. The van der Waals surface area contributed by atoms with Gasteiger partial charge in [-0.2, -0.15) is 13.2 Å². The van der Waals surface area contributed by atoms with Crippen LogP contribution in [0.1, 0.15) is 35.5 Å². The molecule has 1 fully saturated rings. The van der Waals surface area contributed by atoms with Crippen molar-refractivity contribution in [3.8, 4) is 0 Å². The molecule has 2 heterocycles. The fourth-order valence-electron chi connectivity index (χ4n) is 4.35. The summed E-state index contributed by atoms with van der Waals surface area (Å²) in [6, 6.07) is 12.9. The first-order valence-electron chi connectivity index (χ1n) is 12.5. The maximum Gasteiger partial charge on any atom is 0.418 e. The first kappa shape index (κ1) is 28.2. The van der Waals surface area contributed by atoms with E-state index in [1.165, 1.54) is 29.2 Å².